The normalized spacial score (nSPS) is 16.4. The van der Waals surface area contributed by atoms with E-state index < -0.39 is 90.7 Å². The number of amides is 6. The van der Waals surface area contributed by atoms with Crippen LogP contribution in [0.4, 0.5) is 0 Å². The molecule has 0 saturated carbocycles. The molecule has 0 aromatic carbocycles. The quantitative estimate of drug-likeness (QED) is 0.0507. The molecule has 0 aliphatic carbocycles. The van der Waals surface area contributed by atoms with E-state index in [0.29, 0.717) is 57.9 Å². The van der Waals surface area contributed by atoms with Gasteiger partial charge in [-0.25, -0.2) is 4.79 Å². The first-order chi connectivity index (χ1) is 23.6. The van der Waals surface area contributed by atoms with Gasteiger partial charge in [-0.1, -0.05) is 26.7 Å². The number of carbonyl (C=O) groups excluding carboxylic acids is 6. The number of hydrogen-bond donors (Lipinski definition) is 9. The lowest BCUT2D eigenvalue weighted by molar-refractivity contribution is -0.144. The van der Waals surface area contributed by atoms with Crippen molar-refractivity contribution in [1.29, 1.82) is 0 Å². The van der Waals surface area contributed by atoms with Crippen molar-refractivity contribution >= 4 is 47.4 Å². The molecule has 0 unspecified atom stereocenters. The minimum absolute atomic E-state index is 0.0285. The molecule has 1 rings (SSSR count). The summed E-state index contributed by atoms with van der Waals surface area (Å²) in [5.41, 5.74) is 11.3. The van der Waals surface area contributed by atoms with Crippen LogP contribution >= 0.6 is 0 Å². The Morgan fingerprint density at radius 2 is 1.44 bits per heavy atom. The summed E-state index contributed by atoms with van der Waals surface area (Å²) in [7, 11) is 0. The molecule has 50 heavy (non-hydrogen) atoms. The van der Waals surface area contributed by atoms with E-state index in [0.717, 1.165) is 0 Å². The van der Waals surface area contributed by atoms with Gasteiger partial charge in [0.1, 0.15) is 24.2 Å². The summed E-state index contributed by atoms with van der Waals surface area (Å²) in [4.78, 5) is 100. The van der Waals surface area contributed by atoms with Crippen molar-refractivity contribution in [3.8, 4) is 0 Å². The van der Waals surface area contributed by atoms with Gasteiger partial charge in [0.25, 0.3) is 0 Å². The lowest BCUT2D eigenvalue weighted by Gasteiger charge is -2.26. The molecular formula is C32H56N8O10. The number of unbranched alkanes of at least 4 members (excludes halogenated alkanes) is 3. The predicted octanol–water partition coefficient (Wildman–Crippen LogP) is -1.69. The van der Waals surface area contributed by atoms with Gasteiger partial charge in [0.05, 0.1) is 19.1 Å². The second-order valence-electron chi connectivity index (χ2n) is 12.9. The van der Waals surface area contributed by atoms with E-state index in [1.807, 2.05) is 13.8 Å². The fourth-order valence-electron chi connectivity index (χ4n) is 5.35. The highest BCUT2D eigenvalue weighted by molar-refractivity contribution is 5.95. The third kappa shape index (κ3) is 16.9. The van der Waals surface area contributed by atoms with Gasteiger partial charge >= 0.3 is 11.9 Å². The van der Waals surface area contributed by atoms with Crippen LogP contribution < -0.4 is 38.1 Å². The van der Waals surface area contributed by atoms with Crippen LogP contribution in [0.5, 0.6) is 0 Å². The van der Waals surface area contributed by atoms with Crippen molar-refractivity contribution in [3.05, 3.63) is 0 Å². The molecule has 11 N–H and O–H groups in total. The number of aliphatic carboxylic acids is 2. The van der Waals surface area contributed by atoms with Crippen LogP contribution in [0, 0.1) is 5.92 Å². The van der Waals surface area contributed by atoms with Crippen molar-refractivity contribution in [1.82, 2.24) is 31.5 Å². The number of nitrogens with one attached hydrogen (secondary N) is 5. The Morgan fingerprint density at radius 3 is 2.06 bits per heavy atom. The first-order valence-electron chi connectivity index (χ1n) is 17.2. The Morgan fingerprint density at radius 1 is 0.780 bits per heavy atom. The van der Waals surface area contributed by atoms with Crippen LogP contribution in [0.3, 0.4) is 0 Å². The lowest BCUT2D eigenvalue weighted by Crippen LogP contribution is -2.56. The summed E-state index contributed by atoms with van der Waals surface area (Å²) in [5.74, 6) is -5.79. The molecule has 0 radical (unpaired) electrons. The van der Waals surface area contributed by atoms with Gasteiger partial charge in [0.15, 0.2) is 0 Å². The van der Waals surface area contributed by atoms with E-state index in [4.69, 9.17) is 16.6 Å². The number of carbonyl (C=O) groups is 8. The first kappa shape index (κ1) is 43.7. The third-order valence-electron chi connectivity index (χ3n) is 8.13. The largest absolute Gasteiger partial charge is 0.481 e. The van der Waals surface area contributed by atoms with Crippen LogP contribution in [0.1, 0.15) is 91.4 Å². The minimum atomic E-state index is -1.18. The molecule has 1 heterocycles. The predicted molar refractivity (Wildman–Crippen MR) is 181 cm³/mol. The van der Waals surface area contributed by atoms with E-state index in [1.54, 1.807) is 0 Å². The highest BCUT2D eigenvalue weighted by Crippen LogP contribution is 2.18. The fourth-order valence-corrected chi connectivity index (χ4v) is 5.35. The molecule has 1 aliphatic heterocycles. The molecule has 1 aliphatic rings. The number of rotatable bonds is 24. The van der Waals surface area contributed by atoms with Gasteiger partial charge in [0, 0.05) is 13.0 Å². The molecule has 18 heteroatoms. The van der Waals surface area contributed by atoms with Gasteiger partial charge in [-0.15, -0.1) is 0 Å². The molecule has 5 atom stereocenters. The molecule has 18 nitrogen and oxygen atoms in total. The van der Waals surface area contributed by atoms with Gasteiger partial charge in [-0.3, -0.25) is 33.6 Å². The Hall–Kier alpha value is -4.32. The number of hydrogen-bond acceptors (Lipinski definition) is 10. The van der Waals surface area contributed by atoms with Gasteiger partial charge in [-0.05, 0) is 70.8 Å². The second kappa shape index (κ2) is 23.2. The summed E-state index contributed by atoms with van der Waals surface area (Å²) in [5, 5.41) is 30.6. The second-order valence-corrected chi connectivity index (χ2v) is 12.9. The molecule has 0 bridgehead atoms. The van der Waals surface area contributed by atoms with Crippen LogP contribution in [-0.2, 0) is 38.4 Å². The maximum Gasteiger partial charge on any atom is 0.326 e. The van der Waals surface area contributed by atoms with Crippen LogP contribution in [-0.4, -0.2) is 119 Å². The third-order valence-corrected chi connectivity index (χ3v) is 8.13. The van der Waals surface area contributed by atoms with Gasteiger partial charge in [-0.2, -0.15) is 0 Å². The Balaban J connectivity index is 2.62. The maximum atomic E-state index is 13.1. The summed E-state index contributed by atoms with van der Waals surface area (Å²) in [6, 6.07) is -5.02. The average Bonchev–Trinajstić information content (AvgIpc) is 3.55. The summed E-state index contributed by atoms with van der Waals surface area (Å²) in [6.07, 6.45) is 4.36. The van der Waals surface area contributed by atoms with Gasteiger partial charge in [0.2, 0.25) is 35.4 Å². The van der Waals surface area contributed by atoms with E-state index in [1.165, 1.54) is 11.8 Å². The molecular weight excluding hydrogens is 656 g/mol. The topological polar surface area (TPSA) is 292 Å². The Bertz CT molecular complexity index is 1180. The molecule has 6 amide bonds. The van der Waals surface area contributed by atoms with Crippen LogP contribution in [0.25, 0.3) is 0 Å². The number of nitrogens with zero attached hydrogens (tertiary/aromatic N) is 1. The molecule has 284 valence electrons. The van der Waals surface area contributed by atoms with Crippen molar-refractivity contribution in [3.63, 3.8) is 0 Å². The standard InChI is InChI=1S/C32H56N8O10/c1-19(2)16-23(38-25(41)17-35-29(46)21(34)10-5-4-6-13-27(43)44)30(47)37-20(3)28(45)36-18-26(42)40-15-9-12-24(40)31(48)39-22(32(49)50)11-7-8-14-33/h19-24H,4-18,33-34H2,1-3H3,(H,35,46)(H,36,45)(H,37,47)(H,38,41)(H,39,48)(H,43,44)(H,49,50)/t20-,21-,22-,23-,24-/m0/s1. The summed E-state index contributed by atoms with van der Waals surface area (Å²) in [6.45, 7) is 4.82. The monoisotopic (exact) mass is 712 g/mol. The summed E-state index contributed by atoms with van der Waals surface area (Å²) < 4.78 is 0. The summed E-state index contributed by atoms with van der Waals surface area (Å²) >= 11 is 0. The highest BCUT2D eigenvalue weighted by atomic mass is 16.4. The van der Waals surface area contributed by atoms with Crippen molar-refractivity contribution < 1.29 is 48.6 Å². The molecule has 1 fully saturated rings. The van der Waals surface area contributed by atoms with Gasteiger partial charge < -0.3 is 53.2 Å². The highest BCUT2D eigenvalue weighted by Gasteiger charge is 2.36. The molecule has 1 saturated heterocycles. The minimum Gasteiger partial charge on any atom is -0.481 e. The number of carboxylic acids is 2. The van der Waals surface area contributed by atoms with E-state index in [9.17, 15) is 43.5 Å². The van der Waals surface area contributed by atoms with Crippen molar-refractivity contribution in [2.24, 2.45) is 17.4 Å². The molecule has 0 spiro atoms. The average molecular weight is 713 g/mol. The van der Waals surface area contributed by atoms with Crippen LogP contribution in [0.15, 0.2) is 0 Å². The first-order valence-corrected chi connectivity index (χ1v) is 17.2. The van der Waals surface area contributed by atoms with Crippen LogP contribution in [0.2, 0.25) is 0 Å². The fraction of sp³-hybridized carbons (Fsp3) is 0.750. The SMILES string of the molecule is CC(C)C[C@H](NC(=O)CNC(=O)[C@@H](N)CCCCCC(=O)O)C(=O)N[C@@H](C)C(=O)NCC(=O)N1CCC[C@H]1C(=O)N[C@@H](CCCCN)C(=O)O. The smallest absolute Gasteiger partial charge is 0.326 e. The van der Waals surface area contributed by atoms with E-state index >= 15 is 0 Å². The maximum absolute atomic E-state index is 13.1. The van der Waals surface area contributed by atoms with Crippen molar-refractivity contribution in [2.45, 2.75) is 122 Å². The Kier molecular flexibility index (Phi) is 20.2. The van der Waals surface area contributed by atoms with E-state index in [-0.39, 0.29) is 31.7 Å². The zero-order valence-corrected chi connectivity index (χ0v) is 29.3. The zero-order chi connectivity index (χ0) is 37.8. The number of nitrogens with two attached hydrogens (primary N) is 2. The Labute approximate surface area is 292 Å². The zero-order valence-electron chi connectivity index (χ0n) is 29.3. The van der Waals surface area contributed by atoms with E-state index in [2.05, 4.69) is 26.6 Å². The molecule has 0 aromatic rings. The number of carboxylic acid groups (broad SMARTS) is 2. The molecule has 0 aromatic heterocycles. The number of likely N-dealkylation sites (tertiary alicyclic amines) is 1. The van der Waals surface area contributed by atoms with Crippen molar-refractivity contribution in [2.75, 3.05) is 26.2 Å². The lowest BCUT2D eigenvalue weighted by atomic mass is 10.0.